The van der Waals surface area contributed by atoms with Gasteiger partial charge in [0.15, 0.2) is 11.5 Å². The molecule has 0 saturated carbocycles. The van der Waals surface area contributed by atoms with Crippen LogP contribution in [0.2, 0.25) is 0 Å². The topological polar surface area (TPSA) is 120 Å². The number of benzene rings is 1. The molecule has 0 aliphatic rings. The Bertz CT molecular complexity index is 1000. The van der Waals surface area contributed by atoms with Crippen LogP contribution in [0.3, 0.4) is 0 Å². The van der Waals surface area contributed by atoms with E-state index in [0.717, 1.165) is 11.0 Å². The Morgan fingerprint density at radius 1 is 1.09 bits per heavy atom. The van der Waals surface area contributed by atoms with Gasteiger partial charge in [-0.1, -0.05) is 12.1 Å². The number of anilines is 2. The van der Waals surface area contributed by atoms with Crippen molar-refractivity contribution in [3.8, 4) is 0 Å². The minimum absolute atomic E-state index is 0.181. The standard InChI is InChI=1S/C13H10N8S/c14-10-9(19-20-13-16-5-6-22-13)11(15)21-8-4-2-1-3-7(8)17-12(21)18-10/h1-6H,15H2,(H2,14,17,18). The van der Waals surface area contributed by atoms with Crippen molar-refractivity contribution in [2.75, 3.05) is 11.5 Å². The lowest BCUT2D eigenvalue weighted by atomic mass is 10.3. The fourth-order valence-electron chi connectivity index (χ4n) is 2.18. The van der Waals surface area contributed by atoms with Gasteiger partial charge in [-0.25, -0.2) is 9.97 Å². The number of nitrogens with zero attached hydrogens (tertiary/aromatic N) is 6. The van der Waals surface area contributed by atoms with Gasteiger partial charge in [-0.3, -0.25) is 4.40 Å². The molecule has 22 heavy (non-hydrogen) atoms. The fraction of sp³-hybridized carbons (Fsp3) is 0. The van der Waals surface area contributed by atoms with Crippen molar-refractivity contribution in [1.82, 2.24) is 19.4 Å². The number of nitrogens with two attached hydrogens (primary N) is 2. The number of hydrogen-bond donors (Lipinski definition) is 2. The van der Waals surface area contributed by atoms with Crippen LogP contribution in [0.25, 0.3) is 16.8 Å². The maximum absolute atomic E-state index is 6.20. The second kappa shape index (κ2) is 4.74. The van der Waals surface area contributed by atoms with Crippen LogP contribution < -0.4 is 11.5 Å². The molecule has 0 atom stereocenters. The van der Waals surface area contributed by atoms with Crippen LogP contribution in [-0.4, -0.2) is 19.4 Å². The van der Waals surface area contributed by atoms with Crippen molar-refractivity contribution in [1.29, 1.82) is 0 Å². The lowest BCUT2D eigenvalue weighted by Gasteiger charge is -2.05. The number of thiazole rings is 1. The van der Waals surface area contributed by atoms with Crippen LogP contribution in [0.1, 0.15) is 0 Å². The van der Waals surface area contributed by atoms with Crippen molar-refractivity contribution in [2.24, 2.45) is 10.2 Å². The molecule has 0 unspecified atom stereocenters. The van der Waals surface area contributed by atoms with E-state index in [1.165, 1.54) is 11.3 Å². The molecule has 4 rings (SSSR count). The van der Waals surface area contributed by atoms with Crippen molar-refractivity contribution in [3.05, 3.63) is 35.8 Å². The highest BCUT2D eigenvalue weighted by Crippen LogP contribution is 2.32. The quantitative estimate of drug-likeness (QED) is 0.551. The third-order valence-corrected chi connectivity index (χ3v) is 3.80. The van der Waals surface area contributed by atoms with E-state index >= 15 is 0 Å². The normalized spacial score (nSPS) is 11.8. The Morgan fingerprint density at radius 3 is 2.77 bits per heavy atom. The Kier molecular flexibility index (Phi) is 2.73. The number of para-hydroxylation sites is 2. The number of fused-ring (bicyclic) bond motifs is 3. The van der Waals surface area contributed by atoms with Gasteiger partial charge in [0.1, 0.15) is 5.82 Å². The number of imidazole rings is 1. The highest BCUT2D eigenvalue weighted by atomic mass is 32.1. The van der Waals surface area contributed by atoms with Crippen LogP contribution in [0.5, 0.6) is 0 Å². The van der Waals surface area contributed by atoms with Gasteiger partial charge >= 0.3 is 0 Å². The van der Waals surface area contributed by atoms with Crippen molar-refractivity contribution in [3.63, 3.8) is 0 Å². The largest absolute Gasteiger partial charge is 0.383 e. The summed E-state index contributed by atoms with van der Waals surface area (Å²) in [6.45, 7) is 0. The molecule has 0 bridgehead atoms. The summed E-state index contributed by atoms with van der Waals surface area (Å²) >= 11 is 1.37. The van der Waals surface area contributed by atoms with E-state index < -0.39 is 0 Å². The van der Waals surface area contributed by atoms with E-state index in [-0.39, 0.29) is 5.82 Å². The first-order chi connectivity index (χ1) is 10.7. The molecule has 4 N–H and O–H groups in total. The summed E-state index contributed by atoms with van der Waals surface area (Å²) in [6, 6.07) is 7.60. The second-order valence-corrected chi connectivity index (χ2v) is 5.35. The first kappa shape index (κ1) is 12.7. The van der Waals surface area contributed by atoms with Gasteiger partial charge in [-0.05, 0) is 12.1 Å². The summed E-state index contributed by atoms with van der Waals surface area (Å²) in [7, 11) is 0. The predicted molar refractivity (Wildman–Crippen MR) is 85.6 cm³/mol. The van der Waals surface area contributed by atoms with E-state index in [4.69, 9.17) is 11.5 Å². The van der Waals surface area contributed by atoms with Gasteiger partial charge in [0, 0.05) is 11.6 Å². The van der Waals surface area contributed by atoms with Crippen LogP contribution in [0, 0.1) is 0 Å². The monoisotopic (exact) mass is 310 g/mol. The van der Waals surface area contributed by atoms with Gasteiger partial charge in [-0.2, -0.15) is 4.98 Å². The zero-order chi connectivity index (χ0) is 15.1. The summed E-state index contributed by atoms with van der Waals surface area (Å²) in [4.78, 5) is 12.7. The summed E-state index contributed by atoms with van der Waals surface area (Å²) in [6.07, 6.45) is 1.65. The minimum Gasteiger partial charge on any atom is -0.383 e. The molecule has 8 nitrogen and oxygen atoms in total. The summed E-state index contributed by atoms with van der Waals surface area (Å²) < 4.78 is 1.71. The van der Waals surface area contributed by atoms with Crippen LogP contribution in [0.15, 0.2) is 46.1 Å². The lowest BCUT2D eigenvalue weighted by Crippen LogP contribution is -2.03. The molecular formula is C13H10N8S. The molecule has 0 fully saturated rings. The summed E-state index contributed by atoms with van der Waals surface area (Å²) in [5, 5.41) is 10.5. The van der Waals surface area contributed by atoms with Crippen molar-refractivity contribution >= 4 is 50.6 Å². The highest BCUT2D eigenvalue weighted by Gasteiger charge is 2.15. The molecule has 0 spiro atoms. The molecule has 3 heterocycles. The molecule has 0 aliphatic heterocycles. The number of azo groups is 1. The third kappa shape index (κ3) is 1.87. The van der Waals surface area contributed by atoms with Gasteiger partial charge in [-0.15, -0.1) is 21.6 Å². The lowest BCUT2D eigenvalue weighted by molar-refractivity contribution is 1.11. The summed E-state index contributed by atoms with van der Waals surface area (Å²) in [5.41, 5.74) is 14.1. The Balaban J connectivity index is 1.97. The molecule has 3 aromatic heterocycles. The van der Waals surface area contributed by atoms with Crippen molar-refractivity contribution < 1.29 is 0 Å². The van der Waals surface area contributed by atoms with E-state index in [9.17, 15) is 0 Å². The Hall–Kier alpha value is -3.07. The first-order valence-electron chi connectivity index (χ1n) is 6.37. The molecule has 9 heteroatoms. The number of rotatable bonds is 2. The zero-order valence-electron chi connectivity index (χ0n) is 11.2. The van der Waals surface area contributed by atoms with Crippen LogP contribution in [-0.2, 0) is 0 Å². The van der Waals surface area contributed by atoms with Gasteiger partial charge in [0.05, 0.1) is 11.0 Å². The maximum atomic E-state index is 6.20. The fourth-order valence-corrected chi connectivity index (χ4v) is 2.64. The molecule has 1 aromatic carbocycles. The SMILES string of the molecule is Nc1nc2nc3ccccc3n2c(N)c1N=Nc1nccs1. The van der Waals surface area contributed by atoms with E-state index in [1.54, 1.807) is 10.6 Å². The number of aromatic nitrogens is 4. The predicted octanol–water partition coefficient (Wildman–Crippen LogP) is 2.92. The van der Waals surface area contributed by atoms with E-state index in [2.05, 4.69) is 25.2 Å². The zero-order valence-corrected chi connectivity index (χ0v) is 12.0. The summed E-state index contributed by atoms with van der Waals surface area (Å²) in [5.74, 6) is 0.960. The van der Waals surface area contributed by atoms with Crippen LogP contribution in [0.4, 0.5) is 22.5 Å². The van der Waals surface area contributed by atoms with Gasteiger partial charge in [0.25, 0.3) is 0 Å². The number of hydrogen-bond acceptors (Lipinski definition) is 8. The molecule has 0 aliphatic carbocycles. The molecule has 108 valence electrons. The number of nitrogen functional groups attached to an aromatic ring is 2. The Morgan fingerprint density at radius 2 is 1.95 bits per heavy atom. The second-order valence-electron chi connectivity index (χ2n) is 4.48. The van der Waals surface area contributed by atoms with Gasteiger partial charge in [0.2, 0.25) is 10.9 Å². The molecule has 0 radical (unpaired) electrons. The molecule has 0 saturated heterocycles. The first-order valence-corrected chi connectivity index (χ1v) is 7.25. The third-order valence-electron chi connectivity index (χ3n) is 3.14. The van der Waals surface area contributed by atoms with Crippen molar-refractivity contribution in [2.45, 2.75) is 0 Å². The molecule has 0 amide bonds. The molecule has 4 aromatic rings. The molecular weight excluding hydrogens is 300 g/mol. The maximum Gasteiger partial charge on any atom is 0.238 e. The smallest absolute Gasteiger partial charge is 0.238 e. The van der Waals surface area contributed by atoms with Crippen LogP contribution >= 0.6 is 11.3 Å². The average Bonchev–Trinajstić information content (AvgIpc) is 3.13. The Labute approximate surface area is 128 Å². The van der Waals surface area contributed by atoms with E-state index in [0.29, 0.717) is 22.4 Å². The average molecular weight is 310 g/mol. The minimum atomic E-state index is 0.181. The van der Waals surface area contributed by atoms with Gasteiger partial charge < -0.3 is 11.5 Å². The van der Waals surface area contributed by atoms with E-state index in [1.807, 2.05) is 29.6 Å². The highest BCUT2D eigenvalue weighted by molar-refractivity contribution is 7.13.